The lowest BCUT2D eigenvalue weighted by atomic mass is 9.85. The normalized spacial score (nSPS) is 19.2. The molecule has 138 valence electrons. The van der Waals surface area contributed by atoms with Crippen LogP contribution in [0.15, 0.2) is 18.3 Å². The summed E-state index contributed by atoms with van der Waals surface area (Å²) >= 11 is 5.92. The number of pyridine rings is 1. The molecule has 2 amide bonds. The fraction of sp³-hybridized carbons (Fsp3) is 0.562. The van der Waals surface area contributed by atoms with Crippen molar-refractivity contribution < 1.29 is 19.4 Å². The number of aliphatic carboxylic acids is 1. The number of aromatic nitrogens is 1. The van der Waals surface area contributed by atoms with Gasteiger partial charge in [-0.15, -0.1) is 0 Å². The fourth-order valence-electron chi connectivity index (χ4n) is 2.70. The summed E-state index contributed by atoms with van der Waals surface area (Å²) in [7, 11) is 0. The summed E-state index contributed by atoms with van der Waals surface area (Å²) in [5, 5.41) is 14.9. The first-order valence-corrected chi connectivity index (χ1v) is 8.61. The first-order valence-electron chi connectivity index (χ1n) is 8.23. The molecule has 0 radical (unpaired) electrons. The topological polar surface area (TPSA) is 104 Å². The highest BCUT2D eigenvalue weighted by Crippen LogP contribution is 2.25. The number of likely N-dealkylation sites (N-methyl/N-ethyl adjacent to an activating group) is 1. The molecule has 3 N–H and O–H groups in total. The van der Waals surface area contributed by atoms with Gasteiger partial charge in [0.25, 0.3) is 0 Å². The van der Waals surface area contributed by atoms with E-state index in [2.05, 4.69) is 15.6 Å². The highest BCUT2D eigenvalue weighted by molar-refractivity contribution is 6.31. The quantitative estimate of drug-likeness (QED) is 0.567. The van der Waals surface area contributed by atoms with Crippen molar-refractivity contribution in [2.45, 2.75) is 31.8 Å². The molecule has 1 aliphatic rings. The van der Waals surface area contributed by atoms with Crippen LogP contribution in [0.3, 0.4) is 0 Å². The van der Waals surface area contributed by atoms with E-state index in [4.69, 9.17) is 21.4 Å². The lowest BCUT2D eigenvalue weighted by Crippen LogP contribution is -2.56. The highest BCUT2D eigenvalue weighted by Gasteiger charge is 2.34. The van der Waals surface area contributed by atoms with Crippen LogP contribution >= 0.6 is 11.6 Å². The van der Waals surface area contributed by atoms with Crippen molar-refractivity contribution in [1.82, 2.24) is 20.5 Å². The minimum Gasteiger partial charge on any atom is -0.480 e. The number of amides is 2. The smallest absolute Gasteiger partial charge is 0.317 e. The Labute approximate surface area is 151 Å². The number of rotatable bonds is 9. The number of ether oxygens (including phenoxy) is 1. The summed E-state index contributed by atoms with van der Waals surface area (Å²) < 4.78 is 5.38. The summed E-state index contributed by atoms with van der Waals surface area (Å²) in [6.07, 6.45) is 3.10. The average Bonchev–Trinajstić information content (AvgIpc) is 2.54. The van der Waals surface area contributed by atoms with Gasteiger partial charge in [0.05, 0.1) is 13.1 Å². The van der Waals surface area contributed by atoms with E-state index in [1.165, 1.54) is 0 Å². The maximum Gasteiger partial charge on any atom is 0.317 e. The van der Waals surface area contributed by atoms with Crippen LogP contribution < -0.4 is 15.4 Å². The number of carboxylic acid groups (broad SMARTS) is 1. The molecule has 1 aromatic rings. The van der Waals surface area contributed by atoms with E-state index in [9.17, 15) is 9.59 Å². The molecule has 0 atom stereocenters. The molecular formula is C16H23ClN4O4. The molecule has 1 aromatic heterocycles. The molecular weight excluding hydrogens is 348 g/mol. The molecule has 1 heterocycles. The van der Waals surface area contributed by atoms with E-state index in [1.54, 1.807) is 18.3 Å². The van der Waals surface area contributed by atoms with Gasteiger partial charge in [-0.05, 0) is 31.5 Å². The maximum absolute atomic E-state index is 11.8. The standard InChI is InChI=1S/C16H23ClN4O4/c1-2-21(10-14(22)23)12-8-11(9-12)20-16(24)19-6-7-25-15-13(17)4-3-5-18-15/h3-5,11-12H,2,6-10H2,1H3,(H,22,23)(H2,19,20,24). The first-order chi connectivity index (χ1) is 12.0. The number of halogens is 1. The predicted octanol–water partition coefficient (Wildman–Crippen LogP) is 1.35. The van der Waals surface area contributed by atoms with Gasteiger partial charge in [-0.2, -0.15) is 0 Å². The molecule has 0 aliphatic heterocycles. The first kappa shape index (κ1) is 19.3. The van der Waals surface area contributed by atoms with Crippen molar-refractivity contribution in [3.8, 4) is 5.88 Å². The van der Waals surface area contributed by atoms with E-state index in [1.807, 2.05) is 11.8 Å². The zero-order chi connectivity index (χ0) is 18.2. The third kappa shape index (κ3) is 6.06. The highest BCUT2D eigenvalue weighted by atomic mass is 35.5. The van der Waals surface area contributed by atoms with Crippen molar-refractivity contribution in [2.75, 3.05) is 26.2 Å². The summed E-state index contributed by atoms with van der Waals surface area (Å²) in [4.78, 5) is 28.5. The van der Waals surface area contributed by atoms with Gasteiger partial charge in [-0.3, -0.25) is 9.69 Å². The lowest BCUT2D eigenvalue weighted by molar-refractivity contribution is -0.139. The monoisotopic (exact) mass is 370 g/mol. The number of carbonyl (C=O) groups is 2. The van der Waals surface area contributed by atoms with Crippen LogP contribution in [-0.2, 0) is 4.79 Å². The van der Waals surface area contributed by atoms with Gasteiger partial charge in [0, 0.05) is 18.3 Å². The molecule has 0 unspecified atom stereocenters. The minimum atomic E-state index is -0.830. The minimum absolute atomic E-state index is 0.0352. The van der Waals surface area contributed by atoms with Crippen LogP contribution in [0, 0.1) is 0 Å². The number of carboxylic acids is 1. The number of carbonyl (C=O) groups excluding carboxylic acids is 1. The van der Waals surface area contributed by atoms with Crippen molar-refractivity contribution in [2.24, 2.45) is 0 Å². The SMILES string of the molecule is CCN(CC(=O)O)C1CC(NC(=O)NCCOc2ncccc2Cl)C1. The molecule has 1 saturated carbocycles. The van der Waals surface area contributed by atoms with Gasteiger partial charge in [0.1, 0.15) is 11.6 Å². The Morgan fingerprint density at radius 2 is 2.24 bits per heavy atom. The van der Waals surface area contributed by atoms with E-state index < -0.39 is 5.97 Å². The molecule has 9 heteroatoms. The van der Waals surface area contributed by atoms with Gasteiger partial charge >= 0.3 is 12.0 Å². The summed E-state index contributed by atoms with van der Waals surface area (Å²) in [5.74, 6) is -0.490. The molecule has 0 spiro atoms. The van der Waals surface area contributed by atoms with Gasteiger partial charge in [0.15, 0.2) is 0 Å². The van der Waals surface area contributed by atoms with E-state index >= 15 is 0 Å². The number of hydrogen-bond donors (Lipinski definition) is 3. The largest absolute Gasteiger partial charge is 0.480 e. The van der Waals surface area contributed by atoms with Crippen LogP contribution in [0.25, 0.3) is 0 Å². The Balaban J connectivity index is 1.59. The summed E-state index contributed by atoms with van der Waals surface area (Å²) in [5.41, 5.74) is 0. The Morgan fingerprint density at radius 1 is 1.48 bits per heavy atom. The van der Waals surface area contributed by atoms with Crippen LogP contribution in [0.1, 0.15) is 19.8 Å². The third-order valence-corrected chi connectivity index (χ3v) is 4.35. The van der Waals surface area contributed by atoms with Gasteiger partial charge in [-0.25, -0.2) is 9.78 Å². The second kappa shape index (κ2) is 9.43. The number of hydrogen-bond acceptors (Lipinski definition) is 5. The molecule has 0 aromatic carbocycles. The van der Waals surface area contributed by atoms with Crippen LogP contribution in [0.4, 0.5) is 4.79 Å². The van der Waals surface area contributed by atoms with E-state index in [-0.39, 0.29) is 31.3 Å². The molecule has 2 rings (SSSR count). The zero-order valence-electron chi connectivity index (χ0n) is 14.1. The van der Waals surface area contributed by atoms with Crippen molar-refractivity contribution in [3.05, 3.63) is 23.4 Å². The Kier molecular flexibility index (Phi) is 7.27. The molecule has 0 bridgehead atoms. The Morgan fingerprint density at radius 3 is 2.88 bits per heavy atom. The summed E-state index contributed by atoms with van der Waals surface area (Å²) in [6.45, 7) is 3.25. The Hall–Kier alpha value is -2.06. The third-order valence-electron chi connectivity index (χ3n) is 4.06. The van der Waals surface area contributed by atoms with E-state index in [0.717, 1.165) is 12.8 Å². The maximum atomic E-state index is 11.8. The number of nitrogens with one attached hydrogen (secondary N) is 2. The number of nitrogens with zero attached hydrogens (tertiary/aromatic N) is 2. The summed E-state index contributed by atoms with van der Waals surface area (Å²) in [6, 6.07) is 3.41. The molecule has 25 heavy (non-hydrogen) atoms. The molecule has 8 nitrogen and oxygen atoms in total. The van der Waals surface area contributed by atoms with Gasteiger partial charge in [0.2, 0.25) is 5.88 Å². The van der Waals surface area contributed by atoms with Crippen LogP contribution in [-0.4, -0.2) is 65.3 Å². The molecule has 1 aliphatic carbocycles. The zero-order valence-corrected chi connectivity index (χ0v) is 14.8. The van der Waals surface area contributed by atoms with Gasteiger partial charge < -0.3 is 20.5 Å². The lowest BCUT2D eigenvalue weighted by Gasteiger charge is -2.42. The van der Waals surface area contributed by atoms with E-state index in [0.29, 0.717) is 24.0 Å². The van der Waals surface area contributed by atoms with Crippen molar-refractivity contribution >= 4 is 23.6 Å². The second-order valence-electron chi connectivity index (χ2n) is 5.82. The number of urea groups is 1. The average molecular weight is 371 g/mol. The predicted molar refractivity (Wildman–Crippen MR) is 93.0 cm³/mol. The van der Waals surface area contributed by atoms with Gasteiger partial charge in [-0.1, -0.05) is 18.5 Å². The second-order valence-corrected chi connectivity index (χ2v) is 6.23. The van der Waals surface area contributed by atoms with Crippen molar-refractivity contribution in [3.63, 3.8) is 0 Å². The Bertz CT molecular complexity index is 595. The fourth-order valence-corrected chi connectivity index (χ4v) is 2.88. The molecule has 0 saturated heterocycles. The van der Waals surface area contributed by atoms with Crippen LogP contribution in [0.5, 0.6) is 5.88 Å². The van der Waals surface area contributed by atoms with Crippen molar-refractivity contribution in [1.29, 1.82) is 0 Å². The molecule has 1 fully saturated rings. The van der Waals surface area contributed by atoms with Crippen LogP contribution in [0.2, 0.25) is 5.02 Å².